The lowest BCUT2D eigenvalue weighted by atomic mass is 9.79. The molecule has 0 bridgehead atoms. The quantitative estimate of drug-likeness (QED) is 0.776. The van der Waals surface area contributed by atoms with Crippen molar-refractivity contribution in [2.75, 3.05) is 20.1 Å². The summed E-state index contributed by atoms with van der Waals surface area (Å²) >= 11 is 0. The Kier molecular flexibility index (Phi) is 5.24. The van der Waals surface area contributed by atoms with Gasteiger partial charge < -0.3 is 4.90 Å². The van der Waals surface area contributed by atoms with E-state index in [-0.39, 0.29) is 5.54 Å². The van der Waals surface area contributed by atoms with Gasteiger partial charge in [-0.3, -0.25) is 5.32 Å². The average Bonchev–Trinajstić information content (AvgIpc) is 2.30. The van der Waals surface area contributed by atoms with Gasteiger partial charge >= 0.3 is 0 Å². The van der Waals surface area contributed by atoms with Crippen LogP contribution in [0.25, 0.3) is 0 Å². The van der Waals surface area contributed by atoms with E-state index in [2.05, 4.69) is 37.2 Å². The van der Waals surface area contributed by atoms with E-state index in [9.17, 15) is 5.26 Å². The molecule has 0 amide bonds. The fraction of sp³-hybridized carbons (Fsp3) is 0.923. The number of nitrogens with one attached hydrogen (secondary N) is 1. The number of hydrogen-bond donors (Lipinski definition) is 1. The van der Waals surface area contributed by atoms with E-state index >= 15 is 0 Å². The van der Waals surface area contributed by atoms with Crippen LogP contribution < -0.4 is 5.32 Å². The molecule has 1 aliphatic carbocycles. The van der Waals surface area contributed by atoms with E-state index in [4.69, 9.17) is 0 Å². The third-order valence-electron chi connectivity index (χ3n) is 3.65. The van der Waals surface area contributed by atoms with Crippen LogP contribution in [0.2, 0.25) is 0 Å². The number of nitrogens with zero attached hydrogens (tertiary/aromatic N) is 2. The smallest absolute Gasteiger partial charge is 0.108 e. The Hall–Kier alpha value is -0.590. The highest BCUT2D eigenvalue weighted by Crippen LogP contribution is 2.30. The Bertz CT molecular complexity index is 242. The van der Waals surface area contributed by atoms with Crippen LogP contribution in [0, 0.1) is 11.3 Å². The Labute approximate surface area is 99.8 Å². The minimum absolute atomic E-state index is 0.264. The highest BCUT2D eigenvalue weighted by molar-refractivity contribution is 5.10. The van der Waals surface area contributed by atoms with Gasteiger partial charge in [0.15, 0.2) is 0 Å². The first-order chi connectivity index (χ1) is 7.67. The van der Waals surface area contributed by atoms with Crippen molar-refractivity contribution >= 4 is 0 Å². The van der Waals surface area contributed by atoms with Crippen molar-refractivity contribution in [1.29, 1.82) is 5.26 Å². The summed E-state index contributed by atoms with van der Waals surface area (Å²) in [6.07, 6.45) is 5.58. The summed E-state index contributed by atoms with van der Waals surface area (Å²) in [6, 6.07) is 3.08. The van der Waals surface area contributed by atoms with Crippen molar-refractivity contribution in [2.45, 2.75) is 57.5 Å². The van der Waals surface area contributed by atoms with E-state index in [0.29, 0.717) is 6.04 Å². The van der Waals surface area contributed by atoms with E-state index < -0.39 is 0 Å². The highest BCUT2D eigenvalue weighted by atomic mass is 15.1. The lowest BCUT2D eigenvalue weighted by Crippen LogP contribution is -2.52. The summed E-state index contributed by atoms with van der Waals surface area (Å²) in [6.45, 7) is 6.32. The second kappa shape index (κ2) is 6.22. The van der Waals surface area contributed by atoms with Crippen molar-refractivity contribution in [3.05, 3.63) is 0 Å². The lowest BCUT2D eigenvalue weighted by Gasteiger charge is -2.40. The first-order valence-corrected chi connectivity index (χ1v) is 6.54. The molecule has 1 rings (SSSR count). The minimum atomic E-state index is -0.264. The molecule has 92 valence electrons. The summed E-state index contributed by atoms with van der Waals surface area (Å²) in [5, 5.41) is 12.8. The molecule has 0 aromatic rings. The molecule has 3 nitrogen and oxygen atoms in total. The zero-order valence-corrected chi connectivity index (χ0v) is 10.9. The molecule has 2 unspecified atom stereocenters. The molecule has 2 atom stereocenters. The first-order valence-electron chi connectivity index (χ1n) is 6.54. The van der Waals surface area contributed by atoms with Crippen molar-refractivity contribution < 1.29 is 0 Å². The lowest BCUT2D eigenvalue weighted by molar-refractivity contribution is 0.145. The predicted octanol–water partition coefficient (Wildman–Crippen LogP) is 2.14. The Balaban J connectivity index is 2.61. The number of nitriles is 1. The molecule has 1 N–H and O–H groups in total. The fourth-order valence-corrected chi connectivity index (χ4v) is 2.80. The van der Waals surface area contributed by atoms with E-state index in [1.165, 1.54) is 19.3 Å². The summed E-state index contributed by atoms with van der Waals surface area (Å²) in [5.74, 6) is 0. The second-order valence-electron chi connectivity index (χ2n) is 4.96. The van der Waals surface area contributed by atoms with Crippen molar-refractivity contribution in [3.8, 4) is 6.07 Å². The minimum Gasteiger partial charge on any atom is -0.303 e. The van der Waals surface area contributed by atoms with Gasteiger partial charge in [-0.1, -0.05) is 13.8 Å². The molecule has 0 saturated heterocycles. The second-order valence-corrected chi connectivity index (χ2v) is 4.96. The molecule has 3 heteroatoms. The summed E-state index contributed by atoms with van der Waals surface area (Å²) in [4.78, 5) is 2.42. The third kappa shape index (κ3) is 3.20. The maximum atomic E-state index is 9.37. The van der Waals surface area contributed by atoms with Crippen molar-refractivity contribution in [2.24, 2.45) is 0 Å². The van der Waals surface area contributed by atoms with Crippen LogP contribution in [0.1, 0.15) is 46.0 Å². The highest BCUT2D eigenvalue weighted by Gasteiger charge is 2.36. The van der Waals surface area contributed by atoms with Gasteiger partial charge in [-0.15, -0.1) is 0 Å². The molecule has 0 aromatic heterocycles. The van der Waals surface area contributed by atoms with Crippen LogP contribution in [0.3, 0.4) is 0 Å². The van der Waals surface area contributed by atoms with Gasteiger partial charge in [-0.25, -0.2) is 0 Å². The Morgan fingerprint density at radius 1 is 1.50 bits per heavy atom. The number of hydrogen-bond acceptors (Lipinski definition) is 3. The maximum Gasteiger partial charge on any atom is 0.108 e. The first kappa shape index (κ1) is 13.5. The topological polar surface area (TPSA) is 39.1 Å². The van der Waals surface area contributed by atoms with Crippen molar-refractivity contribution in [1.82, 2.24) is 10.2 Å². The third-order valence-corrected chi connectivity index (χ3v) is 3.65. The molecule has 0 aromatic carbocycles. The molecule has 1 fully saturated rings. The Morgan fingerprint density at radius 2 is 2.25 bits per heavy atom. The van der Waals surface area contributed by atoms with Gasteiger partial charge in [-0.05, 0) is 52.2 Å². The molecule has 1 saturated carbocycles. The van der Waals surface area contributed by atoms with Gasteiger partial charge in [0.05, 0.1) is 6.07 Å². The SMILES string of the molecule is CCCN(C)C1CCCC(C#N)(NCC)C1. The summed E-state index contributed by atoms with van der Waals surface area (Å²) in [7, 11) is 2.19. The zero-order valence-electron chi connectivity index (χ0n) is 10.9. The van der Waals surface area contributed by atoms with Crippen molar-refractivity contribution in [3.63, 3.8) is 0 Å². The van der Waals surface area contributed by atoms with Crippen LogP contribution in [0.4, 0.5) is 0 Å². The molecule has 0 heterocycles. The molecular formula is C13H25N3. The fourth-order valence-electron chi connectivity index (χ4n) is 2.80. The van der Waals surface area contributed by atoms with Crippen LogP contribution in [0.15, 0.2) is 0 Å². The number of rotatable bonds is 5. The van der Waals surface area contributed by atoms with Gasteiger partial charge in [-0.2, -0.15) is 5.26 Å². The van der Waals surface area contributed by atoms with Gasteiger partial charge in [0.1, 0.15) is 5.54 Å². The Morgan fingerprint density at radius 3 is 2.81 bits per heavy atom. The van der Waals surface area contributed by atoms with Crippen LogP contribution >= 0.6 is 0 Å². The predicted molar refractivity (Wildman–Crippen MR) is 67.2 cm³/mol. The summed E-state index contributed by atoms with van der Waals surface area (Å²) in [5.41, 5.74) is -0.264. The van der Waals surface area contributed by atoms with Crippen LogP contribution in [-0.4, -0.2) is 36.6 Å². The molecular weight excluding hydrogens is 198 g/mol. The monoisotopic (exact) mass is 223 g/mol. The van der Waals surface area contributed by atoms with Crippen LogP contribution in [-0.2, 0) is 0 Å². The van der Waals surface area contributed by atoms with Crippen LogP contribution in [0.5, 0.6) is 0 Å². The van der Waals surface area contributed by atoms with Gasteiger partial charge in [0.25, 0.3) is 0 Å². The van der Waals surface area contributed by atoms with Gasteiger partial charge in [0.2, 0.25) is 0 Å². The van der Waals surface area contributed by atoms with E-state index in [1.807, 2.05) is 0 Å². The van der Waals surface area contributed by atoms with E-state index in [0.717, 1.165) is 25.9 Å². The zero-order chi connectivity index (χ0) is 12.0. The summed E-state index contributed by atoms with van der Waals surface area (Å²) < 4.78 is 0. The van der Waals surface area contributed by atoms with Gasteiger partial charge in [0, 0.05) is 6.04 Å². The molecule has 16 heavy (non-hydrogen) atoms. The molecule has 0 aliphatic heterocycles. The molecule has 0 radical (unpaired) electrons. The largest absolute Gasteiger partial charge is 0.303 e. The molecule has 1 aliphatic rings. The standard InChI is InChI=1S/C13H25N3/c1-4-9-16(3)12-7-6-8-13(10-12,11-14)15-5-2/h12,15H,4-10H2,1-3H3. The normalized spacial score (nSPS) is 30.3. The average molecular weight is 223 g/mol. The molecule has 0 spiro atoms. The maximum absolute atomic E-state index is 9.37. The van der Waals surface area contributed by atoms with E-state index in [1.54, 1.807) is 0 Å².